The lowest BCUT2D eigenvalue weighted by Gasteiger charge is -2.23. The molecule has 2 rings (SSSR count). The third kappa shape index (κ3) is 2.78. The Morgan fingerprint density at radius 1 is 1.39 bits per heavy atom. The number of carbonyl (C=O) groups is 2. The number of hydrogen-bond acceptors (Lipinski definition) is 3. The molecule has 1 saturated carbocycles. The minimum Gasteiger partial charge on any atom is -0.462 e. The fourth-order valence-electron chi connectivity index (χ4n) is 2.54. The summed E-state index contributed by atoms with van der Waals surface area (Å²) in [5.41, 5.74) is 1.57. The minimum absolute atomic E-state index is 0.173. The summed E-state index contributed by atoms with van der Waals surface area (Å²) in [6.07, 6.45) is 3.12. The van der Waals surface area contributed by atoms with E-state index in [1.54, 1.807) is 13.0 Å². The summed E-state index contributed by atoms with van der Waals surface area (Å²) < 4.78 is 5.06. The molecule has 0 heterocycles. The zero-order valence-corrected chi connectivity index (χ0v) is 10.6. The normalized spacial score (nSPS) is 19.6. The first-order valence-electron chi connectivity index (χ1n) is 6.50. The molecule has 96 valence electrons. The molecule has 0 spiro atoms. The molecule has 1 aromatic carbocycles. The number of rotatable bonds is 3. The molecule has 0 saturated heterocycles. The van der Waals surface area contributed by atoms with E-state index in [-0.39, 0.29) is 11.9 Å². The Hall–Kier alpha value is -1.64. The van der Waals surface area contributed by atoms with Crippen LogP contribution in [0, 0.1) is 0 Å². The van der Waals surface area contributed by atoms with Crippen LogP contribution in [0.3, 0.4) is 0 Å². The summed E-state index contributed by atoms with van der Waals surface area (Å²) in [7, 11) is 0. The molecule has 1 fully saturated rings. The monoisotopic (exact) mass is 246 g/mol. The molecule has 1 atom stereocenters. The van der Waals surface area contributed by atoms with Crippen molar-refractivity contribution in [1.29, 1.82) is 0 Å². The van der Waals surface area contributed by atoms with E-state index in [1.165, 1.54) is 0 Å². The number of benzene rings is 1. The lowest BCUT2D eigenvalue weighted by molar-refractivity contribution is -0.120. The number of ketones is 1. The van der Waals surface area contributed by atoms with Gasteiger partial charge in [-0.15, -0.1) is 0 Å². The van der Waals surface area contributed by atoms with Gasteiger partial charge >= 0.3 is 5.97 Å². The molecule has 0 aliphatic heterocycles. The lowest BCUT2D eigenvalue weighted by atomic mass is 9.81. The highest BCUT2D eigenvalue weighted by atomic mass is 16.5. The van der Waals surface area contributed by atoms with E-state index in [4.69, 9.17) is 4.74 Å². The van der Waals surface area contributed by atoms with Crippen molar-refractivity contribution >= 4 is 11.8 Å². The largest absolute Gasteiger partial charge is 0.462 e. The second-order valence-corrected chi connectivity index (χ2v) is 4.64. The van der Waals surface area contributed by atoms with Crippen LogP contribution in [0.4, 0.5) is 0 Å². The molecule has 0 N–H and O–H groups in total. The van der Waals surface area contributed by atoms with E-state index < -0.39 is 0 Å². The second kappa shape index (κ2) is 5.80. The molecule has 0 radical (unpaired) electrons. The van der Waals surface area contributed by atoms with Crippen LogP contribution in [-0.4, -0.2) is 18.4 Å². The van der Waals surface area contributed by atoms with Crippen LogP contribution in [0.1, 0.15) is 54.4 Å². The van der Waals surface area contributed by atoms with Crippen molar-refractivity contribution in [1.82, 2.24) is 0 Å². The van der Waals surface area contributed by atoms with E-state index in [1.807, 2.05) is 18.2 Å². The Morgan fingerprint density at radius 3 is 2.89 bits per heavy atom. The molecular formula is C15H18O3. The van der Waals surface area contributed by atoms with Gasteiger partial charge in [0.25, 0.3) is 0 Å². The summed E-state index contributed by atoms with van der Waals surface area (Å²) in [5.74, 6) is 0.183. The van der Waals surface area contributed by atoms with E-state index in [0.29, 0.717) is 30.8 Å². The van der Waals surface area contributed by atoms with Crippen LogP contribution in [0.25, 0.3) is 0 Å². The second-order valence-electron chi connectivity index (χ2n) is 4.64. The minimum atomic E-state index is -0.286. The zero-order chi connectivity index (χ0) is 13.0. The summed E-state index contributed by atoms with van der Waals surface area (Å²) in [5, 5.41) is 0. The van der Waals surface area contributed by atoms with Gasteiger partial charge in [0.15, 0.2) is 0 Å². The number of esters is 1. The quantitative estimate of drug-likeness (QED) is 0.770. The number of Topliss-reactive ketones (excluding diaryl/α,β-unsaturated/α-hetero) is 1. The molecule has 3 heteroatoms. The Bertz CT molecular complexity index is 451. The molecule has 1 aliphatic carbocycles. The van der Waals surface area contributed by atoms with Gasteiger partial charge < -0.3 is 4.74 Å². The van der Waals surface area contributed by atoms with Gasteiger partial charge in [0, 0.05) is 12.8 Å². The van der Waals surface area contributed by atoms with E-state index in [2.05, 4.69) is 0 Å². The van der Waals surface area contributed by atoms with Crippen LogP contribution in [0.15, 0.2) is 24.3 Å². The third-order valence-corrected chi connectivity index (χ3v) is 3.38. The summed E-state index contributed by atoms with van der Waals surface area (Å²) in [4.78, 5) is 23.4. The van der Waals surface area contributed by atoms with Gasteiger partial charge in [-0.05, 0) is 37.3 Å². The third-order valence-electron chi connectivity index (χ3n) is 3.38. The Kier molecular flexibility index (Phi) is 4.13. The van der Waals surface area contributed by atoms with Gasteiger partial charge in [0.1, 0.15) is 5.78 Å². The Labute approximate surface area is 107 Å². The van der Waals surface area contributed by atoms with Gasteiger partial charge in [0.2, 0.25) is 0 Å². The first-order chi connectivity index (χ1) is 8.72. The van der Waals surface area contributed by atoms with Crippen molar-refractivity contribution in [2.75, 3.05) is 6.61 Å². The maximum absolute atomic E-state index is 11.9. The molecule has 0 amide bonds. The zero-order valence-electron chi connectivity index (χ0n) is 10.6. The van der Waals surface area contributed by atoms with E-state index >= 15 is 0 Å². The standard InChI is InChI=1S/C15H18O3/c1-2-18-15(17)14-9-4-3-8-13(14)11-6-5-7-12(16)10-11/h3-4,8-9,11H,2,5-7,10H2,1H3/t11-/m1/s1. The first kappa shape index (κ1) is 12.8. The molecule has 1 aliphatic rings. The van der Waals surface area contributed by atoms with Crippen molar-refractivity contribution in [2.24, 2.45) is 0 Å². The summed E-state index contributed by atoms with van der Waals surface area (Å²) in [6.45, 7) is 2.17. The van der Waals surface area contributed by atoms with Crippen LogP contribution in [-0.2, 0) is 9.53 Å². The van der Waals surface area contributed by atoms with Crippen LogP contribution in [0.2, 0.25) is 0 Å². The molecule has 0 bridgehead atoms. The van der Waals surface area contributed by atoms with Crippen molar-refractivity contribution in [3.8, 4) is 0 Å². The number of carbonyl (C=O) groups excluding carboxylic acids is 2. The van der Waals surface area contributed by atoms with E-state index in [0.717, 1.165) is 18.4 Å². The van der Waals surface area contributed by atoms with Crippen molar-refractivity contribution < 1.29 is 14.3 Å². The summed E-state index contributed by atoms with van der Waals surface area (Å²) in [6, 6.07) is 7.47. The first-order valence-corrected chi connectivity index (χ1v) is 6.50. The van der Waals surface area contributed by atoms with Crippen molar-refractivity contribution in [3.05, 3.63) is 35.4 Å². The Morgan fingerprint density at radius 2 is 2.17 bits per heavy atom. The predicted octanol–water partition coefficient (Wildman–Crippen LogP) is 3.09. The van der Waals surface area contributed by atoms with Gasteiger partial charge in [0.05, 0.1) is 12.2 Å². The molecule has 0 aromatic heterocycles. The predicted molar refractivity (Wildman–Crippen MR) is 68.6 cm³/mol. The maximum Gasteiger partial charge on any atom is 0.338 e. The number of hydrogen-bond donors (Lipinski definition) is 0. The molecule has 3 nitrogen and oxygen atoms in total. The lowest BCUT2D eigenvalue weighted by Crippen LogP contribution is -2.17. The van der Waals surface area contributed by atoms with Crippen molar-refractivity contribution in [3.63, 3.8) is 0 Å². The highest BCUT2D eigenvalue weighted by molar-refractivity contribution is 5.91. The summed E-state index contributed by atoms with van der Waals surface area (Å²) >= 11 is 0. The van der Waals surface area contributed by atoms with Gasteiger partial charge in [-0.25, -0.2) is 4.79 Å². The maximum atomic E-state index is 11.9. The fourth-order valence-corrected chi connectivity index (χ4v) is 2.54. The molecule has 18 heavy (non-hydrogen) atoms. The van der Waals surface area contributed by atoms with Crippen LogP contribution < -0.4 is 0 Å². The smallest absolute Gasteiger partial charge is 0.338 e. The van der Waals surface area contributed by atoms with Gasteiger partial charge in [-0.1, -0.05) is 18.2 Å². The van der Waals surface area contributed by atoms with Crippen molar-refractivity contribution in [2.45, 2.75) is 38.5 Å². The molecular weight excluding hydrogens is 228 g/mol. The number of ether oxygens (including phenoxy) is 1. The topological polar surface area (TPSA) is 43.4 Å². The molecule has 0 unspecified atom stereocenters. The van der Waals surface area contributed by atoms with Crippen LogP contribution in [0.5, 0.6) is 0 Å². The van der Waals surface area contributed by atoms with E-state index in [9.17, 15) is 9.59 Å². The average molecular weight is 246 g/mol. The fraction of sp³-hybridized carbons (Fsp3) is 0.467. The SMILES string of the molecule is CCOC(=O)c1ccccc1[C@@H]1CCCC(=O)C1. The van der Waals surface area contributed by atoms with Gasteiger partial charge in [-0.2, -0.15) is 0 Å². The average Bonchev–Trinajstić information content (AvgIpc) is 2.39. The Balaban J connectivity index is 2.26. The highest BCUT2D eigenvalue weighted by Crippen LogP contribution is 2.33. The van der Waals surface area contributed by atoms with Crippen LogP contribution >= 0.6 is 0 Å². The molecule has 1 aromatic rings. The highest BCUT2D eigenvalue weighted by Gasteiger charge is 2.25. The van der Waals surface area contributed by atoms with Gasteiger partial charge in [-0.3, -0.25) is 4.79 Å².